The molecule has 0 atom stereocenters. The van der Waals surface area contributed by atoms with Crippen LogP contribution in [0.25, 0.3) is 0 Å². The lowest BCUT2D eigenvalue weighted by Gasteiger charge is -2.33. The largest absolute Gasteiger partial charge is 0.336 e. The standard InChI is InChI=1S/C15H19ClN2O3/c1-2-17(11-6-4-3-5-7-11)15(19)13-10-12(18(20)21)8-9-14(13)16/h8-11H,2-7H2,1H3. The zero-order chi connectivity index (χ0) is 15.4. The predicted molar refractivity (Wildman–Crippen MR) is 81.7 cm³/mol. The summed E-state index contributed by atoms with van der Waals surface area (Å²) in [6, 6.07) is 4.22. The third-order valence-corrected chi connectivity index (χ3v) is 4.34. The molecule has 2 rings (SSSR count). The third kappa shape index (κ3) is 3.53. The smallest absolute Gasteiger partial charge is 0.270 e. The molecule has 0 radical (unpaired) electrons. The zero-order valence-electron chi connectivity index (χ0n) is 12.0. The number of amides is 1. The molecule has 5 nitrogen and oxygen atoms in total. The number of nitrogens with zero attached hydrogens (tertiary/aromatic N) is 2. The first-order valence-electron chi connectivity index (χ1n) is 7.29. The Labute approximate surface area is 129 Å². The second-order valence-corrected chi connectivity index (χ2v) is 5.71. The maximum absolute atomic E-state index is 12.7. The minimum atomic E-state index is -0.510. The Morgan fingerprint density at radius 1 is 1.38 bits per heavy atom. The summed E-state index contributed by atoms with van der Waals surface area (Å²) < 4.78 is 0. The van der Waals surface area contributed by atoms with Crippen LogP contribution >= 0.6 is 11.6 Å². The molecule has 21 heavy (non-hydrogen) atoms. The Morgan fingerprint density at radius 2 is 2.05 bits per heavy atom. The van der Waals surface area contributed by atoms with Gasteiger partial charge in [-0.05, 0) is 25.8 Å². The van der Waals surface area contributed by atoms with Crippen molar-refractivity contribution in [2.45, 2.75) is 45.1 Å². The van der Waals surface area contributed by atoms with Crippen LogP contribution in [0.1, 0.15) is 49.4 Å². The summed E-state index contributed by atoms with van der Waals surface area (Å²) in [5, 5.41) is 11.1. The molecule has 6 heteroatoms. The first kappa shape index (κ1) is 15.8. The molecule has 1 aromatic carbocycles. The molecular weight excluding hydrogens is 292 g/mol. The number of nitro groups is 1. The Morgan fingerprint density at radius 3 is 2.62 bits per heavy atom. The normalized spacial score (nSPS) is 15.7. The van der Waals surface area contributed by atoms with Crippen molar-refractivity contribution in [1.82, 2.24) is 4.90 Å². The molecule has 1 aliphatic carbocycles. The molecule has 0 unspecified atom stereocenters. The number of nitro benzene ring substituents is 1. The van der Waals surface area contributed by atoms with E-state index in [0.717, 1.165) is 25.7 Å². The molecule has 1 amide bonds. The molecule has 1 aromatic rings. The van der Waals surface area contributed by atoms with Gasteiger partial charge in [-0.2, -0.15) is 0 Å². The maximum atomic E-state index is 12.7. The fourth-order valence-corrected chi connectivity index (χ4v) is 3.10. The fraction of sp³-hybridized carbons (Fsp3) is 0.533. The lowest BCUT2D eigenvalue weighted by molar-refractivity contribution is -0.384. The van der Waals surface area contributed by atoms with E-state index in [0.29, 0.717) is 6.54 Å². The summed E-state index contributed by atoms with van der Waals surface area (Å²) in [6.07, 6.45) is 5.44. The Balaban J connectivity index is 2.28. The molecule has 1 fully saturated rings. The zero-order valence-corrected chi connectivity index (χ0v) is 12.8. The molecule has 0 spiro atoms. The van der Waals surface area contributed by atoms with Gasteiger partial charge in [0.2, 0.25) is 0 Å². The number of hydrogen-bond acceptors (Lipinski definition) is 3. The van der Waals surface area contributed by atoms with Crippen LogP contribution in [0.4, 0.5) is 5.69 Å². The van der Waals surface area contributed by atoms with Crippen LogP contribution in [-0.4, -0.2) is 28.3 Å². The van der Waals surface area contributed by atoms with Crippen LogP contribution < -0.4 is 0 Å². The van der Waals surface area contributed by atoms with Gasteiger partial charge in [0.25, 0.3) is 11.6 Å². The van der Waals surface area contributed by atoms with E-state index in [1.165, 1.54) is 24.6 Å². The van der Waals surface area contributed by atoms with Gasteiger partial charge in [0.05, 0.1) is 15.5 Å². The van der Waals surface area contributed by atoms with E-state index < -0.39 is 4.92 Å². The summed E-state index contributed by atoms with van der Waals surface area (Å²) in [5.41, 5.74) is 0.112. The predicted octanol–water partition coefficient (Wildman–Crippen LogP) is 4.04. The Kier molecular flexibility index (Phi) is 5.17. The molecular formula is C15H19ClN2O3. The van der Waals surface area contributed by atoms with Crippen LogP contribution in [0.5, 0.6) is 0 Å². The lowest BCUT2D eigenvalue weighted by Crippen LogP contribution is -2.41. The van der Waals surface area contributed by atoms with Crippen LogP contribution in [0.15, 0.2) is 18.2 Å². The van der Waals surface area contributed by atoms with Crippen molar-refractivity contribution >= 4 is 23.2 Å². The number of halogens is 1. The van der Waals surface area contributed by atoms with Gasteiger partial charge in [-0.25, -0.2) is 0 Å². The van der Waals surface area contributed by atoms with Crippen molar-refractivity contribution < 1.29 is 9.72 Å². The summed E-state index contributed by atoms with van der Waals surface area (Å²) in [7, 11) is 0. The van der Waals surface area contributed by atoms with Crippen molar-refractivity contribution in [2.24, 2.45) is 0 Å². The fourth-order valence-electron chi connectivity index (χ4n) is 2.91. The van der Waals surface area contributed by atoms with Gasteiger partial charge in [-0.1, -0.05) is 30.9 Å². The molecule has 1 aliphatic rings. The van der Waals surface area contributed by atoms with Crippen molar-refractivity contribution in [1.29, 1.82) is 0 Å². The molecule has 0 aliphatic heterocycles. The van der Waals surface area contributed by atoms with Crippen molar-refractivity contribution in [3.63, 3.8) is 0 Å². The summed E-state index contributed by atoms with van der Waals surface area (Å²) in [4.78, 5) is 24.8. The highest BCUT2D eigenvalue weighted by Gasteiger charge is 2.27. The number of carbonyl (C=O) groups is 1. The second-order valence-electron chi connectivity index (χ2n) is 5.30. The van der Waals surface area contributed by atoms with Gasteiger partial charge in [0.1, 0.15) is 0 Å². The summed E-state index contributed by atoms with van der Waals surface area (Å²) >= 11 is 6.07. The highest BCUT2D eigenvalue weighted by atomic mass is 35.5. The number of carbonyl (C=O) groups excluding carboxylic acids is 1. The van der Waals surface area contributed by atoms with Crippen molar-refractivity contribution in [3.8, 4) is 0 Å². The second kappa shape index (κ2) is 6.89. The molecule has 0 saturated heterocycles. The van der Waals surface area contributed by atoms with Crippen LogP contribution in [0.3, 0.4) is 0 Å². The first-order valence-corrected chi connectivity index (χ1v) is 7.67. The molecule has 114 valence electrons. The van der Waals surface area contributed by atoms with E-state index in [4.69, 9.17) is 11.6 Å². The van der Waals surface area contributed by atoms with Gasteiger partial charge in [-0.15, -0.1) is 0 Å². The van der Waals surface area contributed by atoms with Crippen molar-refractivity contribution in [2.75, 3.05) is 6.54 Å². The average molecular weight is 311 g/mol. The van der Waals surface area contributed by atoms with Gasteiger partial charge in [0, 0.05) is 24.7 Å². The van der Waals surface area contributed by atoms with Crippen molar-refractivity contribution in [3.05, 3.63) is 38.9 Å². The summed E-state index contributed by atoms with van der Waals surface area (Å²) in [6.45, 7) is 2.51. The van der Waals surface area contributed by atoms with Crippen LogP contribution in [-0.2, 0) is 0 Å². The highest BCUT2D eigenvalue weighted by molar-refractivity contribution is 6.33. The topological polar surface area (TPSA) is 63.5 Å². The third-order valence-electron chi connectivity index (χ3n) is 4.01. The quantitative estimate of drug-likeness (QED) is 0.622. The molecule has 0 heterocycles. The Hall–Kier alpha value is -1.62. The van der Waals surface area contributed by atoms with Crippen LogP contribution in [0, 0.1) is 10.1 Å². The molecule has 0 N–H and O–H groups in total. The number of non-ortho nitro benzene ring substituents is 1. The van der Waals surface area contributed by atoms with Gasteiger partial charge in [-0.3, -0.25) is 14.9 Å². The van der Waals surface area contributed by atoms with Gasteiger partial charge < -0.3 is 4.90 Å². The van der Waals surface area contributed by atoms with E-state index in [9.17, 15) is 14.9 Å². The van der Waals surface area contributed by atoms with E-state index in [2.05, 4.69) is 0 Å². The minimum Gasteiger partial charge on any atom is -0.336 e. The minimum absolute atomic E-state index is 0.109. The monoisotopic (exact) mass is 310 g/mol. The van der Waals surface area contributed by atoms with E-state index in [1.807, 2.05) is 6.92 Å². The molecule has 1 saturated carbocycles. The number of rotatable bonds is 4. The van der Waals surface area contributed by atoms with Gasteiger partial charge >= 0.3 is 0 Å². The molecule has 0 bridgehead atoms. The number of benzene rings is 1. The van der Waals surface area contributed by atoms with Crippen LogP contribution in [0.2, 0.25) is 5.02 Å². The molecule has 0 aromatic heterocycles. The average Bonchev–Trinajstić information content (AvgIpc) is 2.49. The SMILES string of the molecule is CCN(C(=O)c1cc([N+](=O)[O-])ccc1Cl)C1CCCCC1. The Bertz CT molecular complexity index is 542. The van der Waals surface area contributed by atoms with Gasteiger partial charge in [0.15, 0.2) is 0 Å². The van der Waals surface area contributed by atoms with E-state index >= 15 is 0 Å². The highest BCUT2D eigenvalue weighted by Crippen LogP contribution is 2.27. The van der Waals surface area contributed by atoms with E-state index in [-0.39, 0.29) is 28.2 Å². The lowest BCUT2D eigenvalue weighted by atomic mass is 9.93. The van der Waals surface area contributed by atoms with E-state index in [1.54, 1.807) is 4.90 Å². The maximum Gasteiger partial charge on any atom is 0.270 e. The first-order chi connectivity index (χ1) is 10.0. The number of hydrogen-bond donors (Lipinski definition) is 0. The summed E-state index contributed by atoms with van der Waals surface area (Å²) in [5.74, 6) is -0.210.